The molecule has 0 fully saturated rings. The molecular formula is C35H62N2O3. The molecule has 0 saturated heterocycles. The summed E-state index contributed by atoms with van der Waals surface area (Å²) in [5.41, 5.74) is 1.07. The van der Waals surface area contributed by atoms with Crippen molar-refractivity contribution >= 4 is 11.8 Å². The molecule has 2 N–H and O–H groups in total. The zero-order valence-electron chi connectivity index (χ0n) is 26.4. The van der Waals surface area contributed by atoms with Crippen molar-refractivity contribution < 1.29 is 14.3 Å². The number of hydrogen-bond acceptors (Lipinski definition) is 3. The van der Waals surface area contributed by atoms with Crippen LogP contribution in [0.3, 0.4) is 0 Å². The van der Waals surface area contributed by atoms with Gasteiger partial charge < -0.3 is 15.4 Å². The van der Waals surface area contributed by atoms with E-state index in [0.717, 1.165) is 38.5 Å². The molecule has 0 aliphatic rings. The third kappa shape index (κ3) is 18.3. The Hall–Kier alpha value is -2.04. The Morgan fingerprint density at radius 1 is 0.550 bits per heavy atom. The summed E-state index contributed by atoms with van der Waals surface area (Å²) < 4.78 is 6.11. The van der Waals surface area contributed by atoms with Crippen LogP contribution in [0.5, 0.6) is 5.75 Å². The zero-order chi connectivity index (χ0) is 29.1. The van der Waals surface area contributed by atoms with Crippen molar-refractivity contribution in [1.82, 2.24) is 10.6 Å². The van der Waals surface area contributed by atoms with Crippen LogP contribution in [0.4, 0.5) is 0 Å². The van der Waals surface area contributed by atoms with Crippen molar-refractivity contribution in [2.24, 2.45) is 0 Å². The van der Waals surface area contributed by atoms with Crippen LogP contribution in [0.15, 0.2) is 18.2 Å². The maximum atomic E-state index is 12.9. The fourth-order valence-electron chi connectivity index (χ4n) is 4.98. The fourth-order valence-corrected chi connectivity index (χ4v) is 4.98. The molecule has 0 spiro atoms. The Labute approximate surface area is 247 Å². The second-order valence-corrected chi connectivity index (χ2v) is 11.4. The number of rotatable bonds is 27. The lowest BCUT2D eigenvalue weighted by molar-refractivity contribution is 0.0937. The first-order chi connectivity index (χ1) is 19.6. The summed E-state index contributed by atoms with van der Waals surface area (Å²) in [6.07, 6.45) is 25.9. The average Bonchev–Trinajstić information content (AvgIpc) is 2.96. The van der Waals surface area contributed by atoms with Gasteiger partial charge >= 0.3 is 0 Å². The van der Waals surface area contributed by atoms with Gasteiger partial charge in [0, 0.05) is 18.7 Å². The summed E-state index contributed by atoms with van der Waals surface area (Å²) in [6.45, 7) is 8.54. The van der Waals surface area contributed by atoms with E-state index in [4.69, 9.17) is 4.74 Å². The van der Waals surface area contributed by atoms with E-state index in [9.17, 15) is 9.59 Å². The standard InChI is InChI=1S/C35H62N2O3/c1-4-7-10-13-14-15-16-17-18-19-20-21-24-29-40-33-30-31(34(38)36-27-22-11-8-5-2)25-26-32(33)35(39)37-28-23-12-9-6-3/h25-26,30H,4-24,27-29H2,1-3H3,(H,36,38)(H,37,39). The molecule has 5 nitrogen and oxygen atoms in total. The number of amides is 2. The minimum Gasteiger partial charge on any atom is -0.493 e. The van der Waals surface area contributed by atoms with E-state index < -0.39 is 0 Å². The van der Waals surface area contributed by atoms with Crippen LogP contribution in [-0.4, -0.2) is 31.5 Å². The fraction of sp³-hybridized carbons (Fsp3) is 0.771. The molecule has 0 unspecified atom stereocenters. The van der Waals surface area contributed by atoms with E-state index >= 15 is 0 Å². The molecule has 0 heterocycles. The van der Waals surface area contributed by atoms with Crippen LogP contribution in [0, 0.1) is 0 Å². The van der Waals surface area contributed by atoms with Crippen LogP contribution in [0.2, 0.25) is 0 Å². The van der Waals surface area contributed by atoms with Gasteiger partial charge in [0.2, 0.25) is 0 Å². The van der Waals surface area contributed by atoms with Crippen molar-refractivity contribution in [2.45, 2.75) is 156 Å². The maximum absolute atomic E-state index is 12.9. The number of carbonyl (C=O) groups is 2. The topological polar surface area (TPSA) is 67.4 Å². The smallest absolute Gasteiger partial charge is 0.255 e. The summed E-state index contributed by atoms with van der Waals surface area (Å²) in [4.78, 5) is 25.6. The number of nitrogens with one attached hydrogen (secondary N) is 2. The second kappa shape index (κ2) is 25.9. The van der Waals surface area contributed by atoms with Crippen molar-refractivity contribution in [3.05, 3.63) is 29.3 Å². The Morgan fingerprint density at radius 3 is 1.48 bits per heavy atom. The average molecular weight is 559 g/mol. The SMILES string of the molecule is CCCCCCCCCCCCCCCOc1cc(C(=O)NCCCCCC)ccc1C(=O)NCCCCCC. The summed E-state index contributed by atoms with van der Waals surface area (Å²) in [5, 5.41) is 6.05. The van der Waals surface area contributed by atoms with Gasteiger partial charge in [-0.05, 0) is 37.5 Å². The van der Waals surface area contributed by atoms with E-state index in [1.54, 1.807) is 18.2 Å². The Morgan fingerprint density at radius 2 is 0.975 bits per heavy atom. The van der Waals surface area contributed by atoms with Gasteiger partial charge in [0.1, 0.15) is 5.75 Å². The number of unbranched alkanes of at least 4 members (excludes halogenated alkanes) is 18. The molecule has 0 aliphatic carbocycles. The summed E-state index contributed by atoms with van der Waals surface area (Å²) in [5.74, 6) is 0.292. The maximum Gasteiger partial charge on any atom is 0.255 e. The highest BCUT2D eigenvalue weighted by molar-refractivity contribution is 6.00. The Bertz CT molecular complexity index is 765. The van der Waals surface area contributed by atoms with Gasteiger partial charge in [0.15, 0.2) is 0 Å². The van der Waals surface area contributed by atoms with Crippen LogP contribution in [0.1, 0.15) is 176 Å². The zero-order valence-corrected chi connectivity index (χ0v) is 26.4. The molecular weight excluding hydrogens is 496 g/mol. The number of ether oxygens (including phenoxy) is 1. The molecule has 230 valence electrons. The molecule has 0 aromatic heterocycles. The van der Waals surface area contributed by atoms with E-state index in [0.29, 0.717) is 36.6 Å². The van der Waals surface area contributed by atoms with Gasteiger partial charge in [-0.3, -0.25) is 9.59 Å². The molecule has 0 aliphatic heterocycles. The minimum absolute atomic E-state index is 0.103. The van der Waals surface area contributed by atoms with Crippen LogP contribution >= 0.6 is 0 Å². The van der Waals surface area contributed by atoms with Crippen LogP contribution in [0.25, 0.3) is 0 Å². The third-order valence-electron chi connectivity index (χ3n) is 7.63. The van der Waals surface area contributed by atoms with Crippen molar-refractivity contribution in [1.29, 1.82) is 0 Å². The highest BCUT2D eigenvalue weighted by atomic mass is 16.5. The number of carbonyl (C=O) groups excluding carboxylic acids is 2. The quantitative estimate of drug-likeness (QED) is 0.106. The molecule has 1 rings (SSSR count). The molecule has 2 amide bonds. The molecule has 40 heavy (non-hydrogen) atoms. The summed E-state index contributed by atoms with van der Waals surface area (Å²) in [6, 6.07) is 5.23. The van der Waals surface area contributed by atoms with Crippen molar-refractivity contribution in [2.75, 3.05) is 19.7 Å². The second-order valence-electron chi connectivity index (χ2n) is 11.4. The lowest BCUT2D eigenvalue weighted by atomic mass is 10.0. The summed E-state index contributed by atoms with van der Waals surface area (Å²) in [7, 11) is 0. The highest BCUT2D eigenvalue weighted by Crippen LogP contribution is 2.22. The van der Waals surface area contributed by atoms with E-state index in [1.165, 1.54) is 96.3 Å². The lowest BCUT2D eigenvalue weighted by Gasteiger charge is -2.14. The minimum atomic E-state index is -0.122. The van der Waals surface area contributed by atoms with Gasteiger partial charge in [-0.1, -0.05) is 136 Å². The van der Waals surface area contributed by atoms with Gasteiger partial charge in [-0.15, -0.1) is 0 Å². The largest absolute Gasteiger partial charge is 0.493 e. The Balaban J connectivity index is 2.46. The lowest BCUT2D eigenvalue weighted by Crippen LogP contribution is -2.26. The van der Waals surface area contributed by atoms with Gasteiger partial charge in [-0.2, -0.15) is 0 Å². The predicted octanol–water partition coefficient (Wildman–Crippen LogP) is 9.78. The Kier molecular flexibility index (Phi) is 23.3. The van der Waals surface area contributed by atoms with Gasteiger partial charge in [0.25, 0.3) is 11.8 Å². The normalized spacial score (nSPS) is 11.0. The molecule has 5 heteroatoms. The molecule has 1 aromatic rings. The number of hydrogen-bond donors (Lipinski definition) is 2. The summed E-state index contributed by atoms with van der Waals surface area (Å²) >= 11 is 0. The van der Waals surface area contributed by atoms with Gasteiger partial charge in [0.05, 0.1) is 12.2 Å². The first kappa shape index (κ1) is 36.0. The van der Waals surface area contributed by atoms with Crippen LogP contribution in [-0.2, 0) is 0 Å². The van der Waals surface area contributed by atoms with E-state index in [-0.39, 0.29) is 11.8 Å². The highest BCUT2D eigenvalue weighted by Gasteiger charge is 2.16. The molecule has 1 aromatic carbocycles. The molecule has 0 atom stereocenters. The van der Waals surface area contributed by atoms with Gasteiger partial charge in [-0.25, -0.2) is 0 Å². The van der Waals surface area contributed by atoms with Crippen molar-refractivity contribution in [3.8, 4) is 5.75 Å². The van der Waals surface area contributed by atoms with Crippen molar-refractivity contribution in [3.63, 3.8) is 0 Å². The first-order valence-corrected chi connectivity index (χ1v) is 17.0. The molecule has 0 radical (unpaired) electrons. The monoisotopic (exact) mass is 558 g/mol. The molecule has 0 bridgehead atoms. The van der Waals surface area contributed by atoms with E-state index in [2.05, 4.69) is 31.4 Å². The first-order valence-electron chi connectivity index (χ1n) is 17.0. The predicted molar refractivity (Wildman–Crippen MR) is 171 cm³/mol. The van der Waals surface area contributed by atoms with E-state index in [1.807, 2.05) is 0 Å². The van der Waals surface area contributed by atoms with Crippen LogP contribution < -0.4 is 15.4 Å². The molecule has 0 saturated carbocycles. The third-order valence-corrected chi connectivity index (χ3v) is 7.63. The number of benzene rings is 1.